The normalized spacial score (nSPS) is 16.2. The van der Waals surface area contributed by atoms with E-state index in [9.17, 15) is 0 Å². The van der Waals surface area contributed by atoms with Crippen LogP contribution in [0.4, 0.5) is 0 Å². The van der Waals surface area contributed by atoms with Gasteiger partial charge in [-0.3, -0.25) is 4.99 Å². The first-order valence-electron chi connectivity index (χ1n) is 11.7. The molecule has 1 fully saturated rings. The van der Waals surface area contributed by atoms with Crippen LogP contribution < -0.4 is 20.1 Å². The Labute approximate surface area is 216 Å². The number of nitrogens with one attached hydrogen (secondary N) is 2. The Morgan fingerprint density at radius 1 is 1.00 bits per heavy atom. The highest BCUT2D eigenvalue weighted by Crippen LogP contribution is 2.27. The fraction of sp³-hybridized carbons (Fsp3) is 0.500. The van der Waals surface area contributed by atoms with E-state index in [4.69, 9.17) is 14.5 Å². The Hall–Kier alpha value is -2.00. The van der Waals surface area contributed by atoms with Gasteiger partial charge in [0.2, 0.25) is 0 Å². The molecule has 0 radical (unpaired) electrons. The predicted octanol–water partition coefficient (Wildman–Crippen LogP) is 3.98. The highest BCUT2D eigenvalue weighted by molar-refractivity contribution is 14.0. The Bertz CT molecular complexity index is 847. The number of methoxy groups -OCH3 is 2. The lowest BCUT2D eigenvalue weighted by Gasteiger charge is -2.16. The third kappa shape index (κ3) is 9.04. The summed E-state index contributed by atoms with van der Waals surface area (Å²) in [5.74, 6) is 3.06. The third-order valence-electron chi connectivity index (χ3n) is 5.94. The molecule has 2 N–H and O–H groups in total. The van der Waals surface area contributed by atoms with E-state index in [0.717, 1.165) is 63.0 Å². The van der Waals surface area contributed by atoms with Gasteiger partial charge in [0.1, 0.15) is 0 Å². The first-order valence-corrected chi connectivity index (χ1v) is 11.7. The highest BCUT2D eigenvalue weighted by Gasteiger charge is 2.21. The zero-order valence-corrected chi connectivity index (χ0v) is 22.5. The first-order chi connectivity index (χ1) is 15.7. The summed E-state index contributed by atoms with van der Waals surface area (Å²) in [6.07, 6.45) is 3.24. The van der Waals surface area contributed by atoms with Crippen molar-refractivity contribution in [1.82, 2.24) is 15.5 Å². The molecule has 0 saturated carbocycles. The number of likely N-dealkylation sites (tertiary alicyclic amines) is 1. The number of rotatable bonds is 11. The quantitative estimate of drug-likeness (QED) is 0.245. The topological polar surface area (TPSA) is 58.1 Å². The molecule has 1 aliphatic heterocycles. The summed E-state index contributed by atoms with van der Waals surface area (Å²) in [6, 6.07) is 16.8. The van der Waals surface area contributed by atoms with Gasteiger partial charge in [0.25, 0.3) is 0 Å². The maximum Gasteiger partial charge on any atom is 0.191 e. The lowest BCUT2D eigenvalue weighted by Crippen LogP contribution is -2.38. The number of hydrogen-bond donors (Lipinski definition) is 2. The molecule has 0 aromatic heterocycles. The van der Waals surface area contributed by atoms with Crippen LogP contribution >= 0.6 is 24.0 Å². The van der Waals surface area contributed by atoms with Crippen LogP contribution in [0.5, 0.6) is 11.5 Å². The highest BCUT2D eigenvalue weighted by atomic mass is 127. The zero-order chi connectivity index (χ0) is 22.6. The van der Waals surface area contributed by atoms with E-state index in [1.54, 1.807) is 14.2 Å². The molecule has 1 unspecified atom stereocenters. The van der Waals surface area contributed by atoms with E-state index in [0.29, 0.717) is 5.92 Å². The molecule has 1 saturated heterocycles. The number of aliphatic imine (C=N–C) groups is 1. The van der Waals surface area contributed by atoms with Gasteiger partial charge < -0.3 is 25.0 Å². The molecule has 0 bridgehead atoms. The van der Waals surface area contributed by atoms with Crippen LogP contribution in [-0.4, -0.2) is 64.3 Å². The first kappa shape index (κ1) is 27.2. The van der Waals surface area contributed by atoms with Gasteiger partial charge in [-0.1, -0.05) is 36.4 Å². The molecule has 1 heterocycles. The van der Waals surface area contributed by atoms with Gasteiger partial charge in [0.05, 0.1) is 14.2 Å². The second kappa shape index (κ2) is 15.0. The Morgan fingerprint density at radius 3 is 2.52 bits per heavy atom. The average molecular weight is 567 g/mol. The minimum Gasteiger partial charge on any atom is -0.493 e. The molecular formula is C26H39IN4O2. The van der Waals surface area contributed by atoms with Crippen molar-refractivity contribution in [2.75, 3.05) is 53.5 Å². The lowest BCUT2D eigenvalue weighted by atomic mass is 10.1. The van der Waals surface area contributed by atoms with Gasteiger partial charge in [0.15, 0.2) is 17.5 Å². The molecule has 1 aliphatic rings. The number of halogens is 1. The van der Waals surface area contributed by atoms with Crippen molar-refractivity contribution in [2.45, 2.75) is 26.2 Å². The van der Waals surface area contributed by atoms with Gasteiger partial charge in [-0.05, 0) is 61.9 Å². The third-order valence-corrected chi connectivity index (χ3v) is 5.94. The molecule has 0 amide bonds. The summed E-state index contributed by atoms with van der Waals surface area (Å²) in [5, 5.41) is 6.84. The van der Waals surface area contributed by atoms with Crippen molar-refractivity contribution in [3.05, 3.63) is 59.7 Å². The monoisotopic (exact) mass is 566 g/mol. The van der Waals surface area contributed by atoms with Crippen LogP contribution in [-0.2, 0) is 12.8 Å². The summed E-state index contributed by atoms with van der Waals surface area (Å²) < 4.78 is 10.7. The molecule has 2 aromatic carbocycles. The molecule has 1 atom stereocenters. The van der Waals surface area contributed by atoms with Gasteiger partial charge in [-0.2, -0.15) is 0 Å². The minimum absolute atomic E-state index is 0. The van der Waals surface area contributed by atoms with Gasteiger partial charge in [0, 0.05) is 32.7 Å². The Kier molecular flexibility index (Phi) is 12.4. The SMILES string of the molecule is CCNC(=NCC1CCN(CCc2ccccc2)C1)NCCc1ccc(OC)c(OC)c1.I. The smallest absolute Gasteiger partial charge is 0.191 e. The van der Waals surface area contributed by atoms with E-state index >= 15 is 0 Å². The van der Waals surface area contributed by atoms with Gasteiger partial charge in [-0.25, -0.2) is 0 Å². The van der Waals surface area contributed by atoms with Crippen LogP contribution in [0, 0.1) is 5.92 Å². The summed E-state index contributed by atoms with van der Waals surface area (Å²) in [5.41, 5.74) is 2.62. The zero-order valence-electron chi connectivity index (χ0n) is 20.2. The number of hydrogen-bond acceptors (Lipinski definition) is 4. The lowest BCUT2D eigenvalue weighted by molar-refractivity contribution is 0.329. The molecule has 6 nitrogen and oxygen atoms in total. The Morgan fingerprint density at radius 2 is 1.79 bits per heavy atom. The summed E-state index contributed by atoms with van der Waals surface area (Å²) in [6.45, 7) is 8.09. The molecule has 0 aliphatic carbocycles. The minimum atomic E-state index is 0. The van der Waals surface area contributed by atoms with Crippen LogP contribution in [0.15, 0.2) is 53.5 Å². The van der Waals surface area contributed by atoms with E-state index < -0.39 is 0 Å². The number of nitrogens with zero attached hydrogens (tertiary/aromatic N) is 2. The fourth-order valence-corrected chi connectivity index (χ4v) is 4.12. The Balaban J connectivity index is 0.00000385. The molecule has 2 aromatic rings. The maximum absolute atomic E-state index is 5.40. The van der Waals surface area contributed by atoms with E-state index in [1.807, 2.05) is 12.1 Å². The number of ether oxygens (including phenoxy) is 2. The van der Waals surface area contributed by atoms with Crippen molar-refractivity contribution in [3.63, 3.8) is 0 Å². The van der Waals surface area contributed by atoms with Crippen LogP contribution in [0.2, 0.25) is 0 Å². The largest absolute Gasteiger partial charge is 0.493 e. The molecule has 33 heavy (non-hydrogen) atoms. The van der Waals surface area contributed by atoms with Crippen molar-refractivity contribution >= 4 is 29.9 Å². The molecule has 182 valence electrons. The molecular weight excluding hydrogens is 527 g/mol. The standard InChI is InChI=1S/C26H38N4O2.HI/c1-4-27-26(28-15-12-22-10-11-24(31-2)25(18-22)32-3)29-19-23-14-17-30(20-23)16-13-21-8-6-5-7-9-21;/h5-11,18,23H,4,12-17,19-20H2,1-3H3,(H2,27,28,29);1H. The van der Waals surface area contributed by atoms with Crippen molar-refractivity contribution in [3.8, 4) is 11.5 Å². The predicted molar refractivity (Wildman–Crippen MR) is 147 cm³/mol. The van der Waals surface area contributed by atoms with Crippen molar-refractivity contribution in [1.29, 1.82) is 0 Å². The van der Waals surface area contributed by atoms with E-state index in [-0.39, 0.29) is 24.0 Å². The maximum atomic E-state index is 5.40. The summed E-state index contributed by atoms with van der Waals surface area (Å²) in [4.78, 5) is 7.44. The van der Waals surface area contributed by atoms with Gasteiger partial charge in [-0.15, -0.1) is 24.0 Å². The van der Waals surface area contributed by atoms with Gasteiger partial charge >= 0.3 is 0 Å². The molecule has 3 rings (SSSR count). The van der Waals surface area contributed by atoms with Crippen LogP contribution in [0.1, 0.15) is 24.5 Å². The molecule has 0 spiro atoms. The summed E-state index contributed by atoms with van der Waals surface area (Å²) in [7, 11) is 3.33. The van der Waals surface area contributed by atoms with Crippen molar-refractivity contribution in [2.24, 2.45) is 10.9 Å². The van der Waals surface area contributed by atoms with Crippen LogP contribution in [0.25, 0.3) is 0 Å². The second-order valence-corrected chi connectivity index (χ2v) is 8.28. The fourth-order valence-electron chi connectivity index (χ4n) is 4.12. The average Bonchev–Trinajstić information content (AvgIpc) is 3.29. The summed E-state index contributed by atoms with van der Waals surface area (Å²) >= 11 is 0. The van der Waals surface area contributed by atoms with Crippen LogP contribution in [0.3, 0.4) is 0 Å². The number of guanidine groups is 1. The molecule has 7 heteroatoms. The van der Waals surface area contributed by atoms with E-state index in [2.05, 4.69) is 58.9 Å². The second-order valence-electron chi connectivity index (χ2n) is 8.28. The van der Waals surface area contributed by atoms with Crippen molar-refractivity contribution < 1.29 is 9.47 Å². The van der Waals surface area contributed by atoms with E-state index in [1.165, 1.54) is 24.1 Å². The number of benzene rings is 2.